The van der Waals surface area contributed by atoms with E-state index in [0.717, 1.165) is 61.2 Å². The normalized spacial score (nSPS) is 20.9. The SMILES string of the molecule is C\N=C(/N=C(/C(C)=C/C=C(\C)C1=CCCC=C1)c1ccc(C2=CCCC3=C2c2ccccc2C3)cc1)C1C=CC=CC1. The summed E-state index contributed by atoms with van der Waals surface area (Å²) in [6, 6.07) is 18.0. The fourth-order valence-electron chi connectivity index (χ4n) is 6.44. The maximum atomic E-state index is 5.24. The number of rotatable bonds is 6. The number of fused-ring (bicyclic) bond motifs is 2. The van der Waals surface area contributed by atoms with Crippen LogP contribution in [0.25, 0.3) is 11.1 Å². The summed E-state index contributed by atoms with van der Waals surface area (Å²) >= 11 is 0. The van der Waals surface area contributed by atoms with Gasteiger partial charge in [-0.15, -0.1) is 0 Å². The van der Waals surface area contributed by atoms with Gasteiger partial charge in [0, 0.05) is 18.5 Å². The molecule has 6 rings (SSSR count). The van der Waals surface area contributed by atoms with E-state index in [1.807, 2.05) is 7.05 Å². The number of hydrogen-bond donors (Lipinski definition) is 0. The van der Waals surface area contributed by atoms with E-state index >= 15 is 0 Å². The van der Waals surface area contributed by atoms with Crippen molar-refractivity contribution in [3.8, 4) is 0 Å². The molecule has 2 aromatic rings. The van der Waals surface area contributed by atoms with Crippen molar-refractivity contribution in [1.82, 2.24) is 0 Å². The minimum Gasteiger partial charge on any atom is -0.273 e. The van der Waals surface area contributed by atoms with Crippen molar-refractivity contribution in [2.45, 2.75) is 52.4 Å². The van der Waals surface area contributed by atoms with Gasteiger partial charge >= 0.3 is 0 Å². The highest BCUT2D eigenvalue weighted by molar-refractivity contribution is 6.17. The number of nitrogens with zero attached hydrogens (tertiary/aromatic N) is 2. The molecule has 1 unspecified atom stereocenters. The molecule has 4 aliphatic rings. The summed E-state index contributed by atoms with van der Waals surface area (Å²) in [5, 5.41) is 0. The Labute approximate surface area is 251 Å². The van der Waals surface area contributed by atoms with Gasteiger partial charge in [-0.2, -0.15) is 0 Å². The number of amidine groups is 1. The second-order valence-electron chi connectivity index (χ2n) is 11.6. The van der Waals surface area contributed by atoms with Crippen molar-refractivity contribution >= 4 is 22.7 Å². The Morgan fingerprint density at radius 2 is 1.74 bits per heavy atom. The lowest BCUT2D eigenvalue weighted by Crippen LogP contribution is -2.15. The van der Waals surface area contributed by atoms with Crippen LogP contribution in [0.4, 0.5) is 0 Å². The Morgan fingerprint density at radius 3 is 2.50 bits per heavy atom. The van der Waals surface area contributed by atoms with Gasteiger partial charge in [-0.3, -0.25) is 4.99 Å². The first kappa shape index (κ1) is 27.8. The van der Waals surface area contributed by atoms with Crippen LogP contribution in [0.1, 0.15) is 68.2 Å². The summed E-state index contributed by atoms with van der Waals surface area (Å²) in [5.74, 6) is 1.06. The molecule has 0 N–H and O–H groups in total. The Kier molecular flexibility index (Phi) is 8.42. The molecule has 1 atom stereocenters. The summed E-state index contributed by atoms with van der Waals surface area (Å²) in [7, 11) is 1.86. The Balaban J connectivity index is 1.35. The Bertz CT molecular complexity index is 1670. The molecular weight excluding hydrogens is 508 g/mol. The number of hydrogen-bond acceptors (Lipinski definition) is 1. The summed E-state index contributed by atoms with van der Waals surface area (Å²) < 4.78 is 0. The molecule has 4 aliphatic carbocycles. The molecule has 2 heteroatoms. The fourth-order valence-corrected chi connectivity index (χ4v) is 6.44. The Morgan fingerprint density at radius 1 is 0.881 bits per heavy atom. The highest BCUT2D eigenvalue weighted by Crippen LogP contribution is 2.45. The molecule has 0 saturated heterocycles. The van der Waals surface area contributed by atoms with Crippen molar-refractivity contribution in [2.75, 3.05) is 7.05 Å². The second-order valence-corrected chi connectivity index (χ2v) is 11.6. The van der Waals surface area contributed by atoms with E-state index in [2.05, 4.69) is 128 Å². The van der Waals surface area contributed by atoms with Gasteiger partial charge in [0.25, 0.3) is 0 Å². The molecule has 0 amide bonds. The molecule has 42 heavy (non-hydrogen) atoms. The minimum absolute atomic E-state index is 0.192. The number of benzene rings is 2. The molecule has 0 saturated carbocycles. The van der Waals surface area contributed by atoms with E-state index in [-0.39, 0.29) is 5.92 Å². The molecule has 0 heterocycles. The molecule has 0 fully saturated rings. The van der Waals surface area contributed by atoms with Gasteiger partial charge < -0.3 is 0 Å². The summed E-state index contributed by atoms with van der Waals surface area (Å²) in [4.78, 5) is 9.88. The molecule has 0 aromatic heterocycles. The summed E-state index contributed by atoms with van der Waals surface area (Å²) in [5.41, 5.74) is 14.4. The molecule has 0 spiro atoms. The van der Waals surface area contributed by atoms with Gasteiger partial charge in [-0.05, 0) is 96.9 Å². The molecular formula is C40H40N2. The highest BCUT2D eigenvalue weighted by Gasteiger charge is 2.26. The first-order valence-electron chi connectivity index (χ1n) is 15.4. The van der Waals surface area contributed by atoms with E-state index in [0.29, 0.717) is 0 Å². The maximum absolute atomic E-state index is 5.24. The van der Waals surface area contributed by atoms with Crippen molar-refractivity contribution in [3.63, 3.8) is 0 Å². The van der Waals surface area contributed by atoms with E-state index in [1.54, 1.807) is 5.57 Å². The van der Waals surface area contributed by atoms with Crippen LogP contribution in [-0.2, 0) is 6.42 Å². The van der Waals surface area contributed by atoms with Gasteiger partial charge in [0.05, 0.1) is 5.71 Å². The topological polar surface area (TPSA) is 24.7 Å². The lowest BCUT2D eigenvalue weighted by molar-refractivity contribution is 0.856. The molecule has 0 bridgehead atoms. The van der Waals surface area contributed by atoms with Gasteiger partial charge in [-0.1, -0.05) is 115 Å². The van der Waals surface area contributed by atoms with Crippen LogP contribution in [0.5, 0.6) is 0 Å². The average molecular weight is 549 g/mol. The van der Waals surface area contributed by atoms with Crippen LogP contribution in [0.2, 0.25) is 0 Å². The maximum Gasteiger partial charge on any atom is 0.130 e. The van der Waals surface area contributed by atoms with Crippen molar-refractivity contribution in [1.29, 1.82) is 0 Å². The Hall–Kier alpha value is -4.30. The van der Waals surface area contributed by atoms with Gasteiger partial charge in [-0.25, -0.2) is 4.99 Å². The third-order valence-electron chi connectivity index (χ3n) is 8.75. The monoisotopic (exact) mass is 548 g/mol. The molecule has 210 valence electrons. The van der Waals surface area contributed by atoms with Crippen molar-refractivity contribution in [3.05, 3.63) is 154 Å². The summed E-state index contributed by atoms with van der Waals surface area (Å²) in [6.07, 6.45) is 28.8. The predicted molar refractivity (Wildman–Crippen MR) is 181 cm³/mol. The zero-order valence-corrected chi connectivity index (χ0v) is 25.1. The van der Waals surface area contributed by atoms with Crippen molar-refractivity contribution in [2.24, 2.45) is 15.9 Å². The van der Waals surface area contributed by atoms with Crippen LogP contribution in [-0.4, -0.2) is 18.6 Å². The number of allylic oxidation sites excluding steroid dienone is 15. The van der Waals surface area contributed by atoms with E-state index < -0.39 is 0 Å². The summed E-state index contributed by atoms with van der Waals surface area (Å²) in [6.45, 7) is 4.36. The van der Waals surface area contributed by atoms with Crippen LogP contribution in [0.15, 0.2) is 142 Å². The smallest absolute Gasteiger partial charge is 0.130 e. The lowest BCUT2D eigenvalue weighted by Gasteiger charge is -2.19. The lowest BCUT2D eigenvalue weighted by atomic mass is 9.86. The molecule has 2 nitrogen and oxygen atoms in total. The second kappa shape index (κ2) is 12.7. The van der Waals surface area contributed by atoms with Gasteiger partial charge in [0.1, 0.15) is 5.84 Å². The van der Waals surface area contributed by atoms with E-state index in [4.69, 9.17) is 4.99 Å². The van der Waals surface area contributed by atoms with Crippen LogP contribution in [0.3, 0.4) is 0 Å². The van der Waals surface area contributed by atoms with Crippen LogP contribution in [0, 0.1) is 5.92 Å². The fraction of sp³-hybridized carbons (Fsp3) is 0.250. The highest BCUT2D eigenvalue weighted by atomic mass is 14.9. The molecule has 0 radical (unpaired) electrons. The minimum atomic E-state index is 0.192. The standard InChI is InChI=1S/C40H40N2/c1-28(30-13-6-4-7-14-30)21-22-29(2)39(42-40(41-3)33-15-8-5-9-16-33)32-25-23-31(24-26-32)36-20-12-18-35-27-34-17-10-11-19-37(34)38(35)36/h5-6,8-11,13-15,17,19-26,33H,4,7,12,16,18,27H2,1-3H3/b28-21+,29-22+,41-40-,42-39-. The first-order chi connectivity index (χ1) is 20.6. The van der Waals surface area contributed by atoms with Crippen LogP contribution < -0.4 is 0 Å². The molecule has 2 aromatic carbocycles. The number of aliphatic imine (C=N–C) groups is 2. The van der Waals surface area contributed by atoms with E-state index in [9.17, 15) is 0 Å². The quantitative estimate of drug-likeness (QED) is 0.195. The molecule has 0 aliphatic heterocycles. The van der Waals surface area contributed by atoms with E-state index in [1.165, 1.54) is 39.0 Å². The van der Waals surface area contributed by atoms with Crippen LogP contribution >= 0.6 is 0 Å². The zero-order chi connectivity index (χ0) is 28.9. The van der Waals surface area contributed by atoms with Gasteiger partial charge in [0.15, 0.2) is 0 Å². The first-order valence-corrected chi connectivity index (χ1v) is 15.4. The third-order valence-corrected chi connectivity index (χ3v) is 8.75. The zero-order valence-electron chi connectivity index (χ0n) is 25.1. The van der Waals surface area contributed by atoms with Gasteiger partial charge in [0.2, 0.25) is 0 Å². The van der Waals surface area contributed by atoms with Crippen molar-refractivity contribution < 1.29 is 0 Å². The third kappa shape index (κ3) is 5.85. The predicted octanol–water partition coefficient (Wildman–Crippen LogP) is 9.99. The average Bonchev–Trinajstić information content (AvgIpc) is 3.44. The largest absolute Gasteiger partial charge is 0.273 e.